The van der Waals surface area contributed by atoms with E-state index >= 15 is 0 Å². The standard InChI is InChI=1S/C12H17FN2O2S/c13-10-3-5-12(6-4-10)18(16,17)15-9-7-11-2-1-8-14-11/h3-6,11,14-15H,1-2,7-9H2/t11-/m0/s1. The molecule has 6 heteroatoms. The summed E-state index contributed by atoms with van der Waals surface area (Å²) < 4.78 is 39.0. The maximum atomic E-state index is 12.7. The molecule has 1 heterocycles. The van der Waals surface area contributed by atoms with Gasteiger partial charge in [-0.25, -0.2) is 17.5 Å². The van der Waals surface area contributed by atoms with Gasteiger partial charge in [0.1, 0.15) is 5.82 Å². The molecule has 0 aromatic heterocycles. The van der Waals surface area contributed by atoms with Gasteiger partial charge in [0.2, 0.25) is 10.0 Å². The lowest BCUT2D eigenvalue weighted by Gasteiger charge is -2.11. The first-order valence-electron chi connectivity index (χ1n) is 6.06. The van der Waals surface area contributed by atoms with Gasteiger partial charge < -0.3 is 5.32 Å². The van der Waals surface area contributed by atoms with E-state index in [2.05, 4.69) is 10.0 Å². The van der Waals surface area contributed by atoms with Crippen LogP contribution in [0.25, 0.3) is 0 Å². The maximum absolute atomic E-state index is 12.7. The fourth-order valence-corrected chi connectivity index (χ4v) is 3.12. The first-order valence-corrected chi connectivity index (χ1v) is 7.55. The van der Waals surface area contributed by atoms with Gasteiger partial charge in [0.25, 0.3) is 0 Å². The van der Waals surface area contributed by atoms with Crippen LogP contribution in [-0.4, -0.2) is 27.5 Å². The number of hydrogen-bond acceptors (Lipinski definition) is 3. The molecule has 1 aromatic rings. The van der Waals surface area contributed by atoms with Crippen molar-refractivity contribution in [3.8, 4) is 0 Å². The van der Waals surface area contributed by atoms with Crippen molar-refractivity contribution in [2.24, 2.45) is 0 Å². The summed E-state index contributed by atoms with van der Waals surface area (Å²) in [5.74, 6) is -0.441. The second-order valence-corrected chi connectivity index (χ2v) is 6.20. The largest absolute Gasteiger partial charge is 0.314 e. The Kier molecular flexibility index (Phi) is 4.31. The second kappa shape index (κ2) is 5.77. The number of halogens is 1. The molecule has 18 heavy (non-hydrogen) atoms. The molecular weight excluding hydrogens is 255 g/mol. The van der Waals surface area contributed by atoms with E-state index in [-0.39, 0.29) is 4.90 Å². The van der Waals surface area contributed by atoms with Crippen LogP contribution in [0.4, 0.5) is 4.39 Å². The van der Waals surface area contributed by atoms with Crippen LogP contribution in [0.3, 0.4) is 0 Å². The summed E-state index contributed by atoms with van der Waals surface area (Å²) in [5, 5.41) is 3.31. The number of sulfonamides is 1. The maximum Gasteiger partial charge on any atom is 0.240 e. The summed E-state index contributed by atoms with van der Waals surface area (Å²) in [6.45, 7) is 1.41. The van der Waals surface area contributed by atoms with Crippen molar-refractivity contribution in [3.05, 3.63) is 30.1 Å². The molecule has 0 amide bonds. The lowest BCUT2D eigenvalue weighted by Crippen LogP contribution is -2.30. The van der Waals surface area contributed by atoms with E-state index in [9.17, 15) is 12.8 Å². The van der Waals surface area contributed by atoms with Crippen molar-refractivity contribution in [3.63, 3.8) is 0 Å². The van der Waals surface area contributed by atoms with Crippen molar-refractivity contribution in [2.75, 3.05) is 13.1 Å². The molecule has 0 unspecified atom stereocenters. The number of nitrogens with one attached hydrogen (secondary N) is 2. The Morgan fingerprint density at radius 1 is 1.33 bits per heavy atom. The molecule has 0 bridgehead atoms. The molecule has 1 aliphatic rings. The first kappa shape index (κ1) is 13.5. The molecule has 0 aliphatic carbocycles. The van der Waals surface area contributed by atoms with Crippen LogP contribution in [0.5, 0.6) is 0 Å². The van der Waals surface area contributed by atoms with E-state index in [1.54, 1.807) is 0 Å². The Morgan fingerprint density at radius 3 is 2.67 bits per heavy atom. The Labute approximate surface area is 107 Å². The molecule has 0 radical (unpaired) electrons. The van der Waals surface area contributed by atoms with Crippen LogP contribution in [0.2, 0.25) is 0 Å². The molecular formula is C12H17FN2O2S. The van der Waals surface area contributed by atoms with Gasteiger partial charge in [-0.3, -0.25) is 0 Å². The highest BCUT2D eigenvalue weighted by atomic mass is 32.2. The Morgan fingerprint density at radius 2 is 2.06 bits per heavy atom. The highest BCUT2D eigenvalue weighted by Crippen LogP contribution is 2.11. The van der Waals surface area contributed by atoms with E-state index in [0.29, 0.717) is 12.6 Å². The van der Waals surface area contributed by atoms with Crippen LogP contribution in [0.15, 0.2) is 29.2 Å². The highest BCUT2D eigenvalue weighted by Gasteiger charge is 2.17. The topological polar surface area (TPSA) is 58.2 Å². The predicted molar refractivity (Wildman–Crippen MR) is 67.2 cm³/mol. The molecule has 1 atom stereocenters. The summed E-state index contributed by atoms with van der Waals surface area (Å²) >= 11 is 0. The lowest BCUT2D eigenvalue weighted by atomic mass is 10.2. The van der Waals surface area contributed by atoms with Crippen LogP contribution in [-0.2, 0) is 10.0 Å². The normalized spacial score (nSPS) is 20.2. The predicted octanol–water partition coefficient (Wildman–Crippen LogP) is 1.25. The molecule has 2 rings (SSSR count). The van der Waals surface area contributed by atoms with Crippen molar-refractivity contribution < 1.29 is 12.8 Å². The average molecular weight is 272 g/mol. The molecule has 1 fully saturated rings. The quantitative estimate of drug-likeness (QED) is 0.848. The SMILES string of the molecule is O=S(=O)(NCC[C@@H]1CCCN1)c1ccc(F)cc1. The van der Waals surface area contributed by atoms with Crippen molar-refractivity contribution in [1.82, 2.24) is 10.0 Å². The van der Waals surface area contributed by atoms with Gasteiger partial charge in [-0.15, -0.1) is 0 Å². The zero-order chi connectivity index (χ0) is 13.0. The van der Waals surface area contributed by atoms with Crippen LogP contribution in [0, 0.1) is 5.82 Å². The highest BCUT2D eigenvalue weighted by molar-refractivity contribution is 7.89. The third-order valence-electron chi connectivity index (χ3n) is 3.07. The Bertz CT molecular complexity index is 481. The molecule has 1 aliphatic heterocycles. The van der Waals surface area contributed by atoms with Crippen molar-refractivity contribution in [2.45, 2.75) is 30.2 Å². The zero-order valence-corrected chi connectivity index (χ0v) is 10.8. The van der Waals surface area contributed by atoms with Crippen molar-refractivity contribution >= 4 is 10.0 Å². The van der Waals surface area contributed by atoms with E-state index in [1.807, 2.05) is 0 Å². The van der Waals surface area contributed by atoms with Gasteiger partial charge >= 0.3 is 0 Å². The summed E-state index contributed by atoms with van der Waals surface area (Å²) in [7, 11) is -3.51. The van der Waals surface area contributed by atoms with Gasteiger partial charge in [-0.1, -0.05) is 0 Å². The van der Waals surface area contributed by atoms with Crippen LogP contribution < -0.4 is 10.0 Å². The van der Waals surface area contributed by atoms with Gasteiger partial charge in [0.05, 0.1) is 4.90 Å². The number of rotatable bonds is 5. The summed E-state index contributed by atoms with van der Waals surface area (Å²) in [6.07, 6.45) is 3.02. The lowest BCUT2D eigenvalue weighted by molar-refractivity contribution is 0.539. The first-order chi connectivity index (χ1) is 8.58. The van der Waals surface area contributed by atoms with Gasteiger partial charge in [-0.05, 0) is 50.1 Å². The van der Waals surface area contributed by atoms with E-state index < -0.39 is 15.8 Å². The molecule has 4 nitrogen and oxygen atoms in total. The number of hydrogen-bond donors (Lipinski definition) is 2. The Balaban J connectivity index is 1.88. The smallest absolute Gasteiger partial charge is 0.240 e. The van der Waals surface area contributed by atoms with Gasteiger partial charge in [0, 0.05) is 12.6 Å². The number of benzene rings is 1. The molecule has 0 spiro atoms. The van der Waals surface area contributed by atoms with Crippen LogP contribution in [0.1, 0.15) is 19.3 Å². The monoisotopic (exact) mass is 272 g/mol. The van der Waals surface area contributed by atoms with E-state index in [4.69, 9.17) is 0 Å². The summed E-state index contributed by atoms with van der Waals surface area (Å²) in [5.41, 5.74) is 0. The van der Waals surface area contributed by atoms with Gasteiger partial charge in [-0.2, -0.15) is 0 Å². The Hall–Kier alpha value is -0.980. The fourth-order valence-electron chi connectivity index (χ4n) is 2.07. The minimum absolute atomic E-state index is 0.100. The van der Waals surface area contributed by atoms with Crippen LogP contribution >= 0.6 is 0 Å². The average Bonchev–Trinajstić information content (AvgIpc) is 2.82. The minimum Gasteiger partial charge on any atom is -0.314 e. The van der Waals surface area contributed by atoms with Crippen molar-refractivity contribution in [1.29, 1.82) is 0 Å². The molecule has 1 saturated heterocycles. The second-order valence-electron chi connectivity index (χ2n) is 4.43. The van der Waals surface area contributed by atoms with E-state index in [0.717, 1.165) is 37.9 Å². The van der Waals surface area contributed by atoms with E-state index in [1.165, 1.54) is 12.1 Å². The zero-order valence-electron chi connectivity index (χ0n) is 10.0. The summed E-state index contributed by atoms with van der Waals surface area (Å²) in [6, 6.07) is 5.23. The fraction of sp³-hybridized carbons (Fsp3) is 0.500. The molecule has 100 valence electrons. The molecule has 2 N–H and O–H groups in total. The molecule has 1 aromatic carbocycles. The third-order valence-corrected chi connectivity index (χ3v) is 4.55. The minimum atomic E-state index is -3.51. The summed E-state index contributed by atoms with van der Waals surface area (Å²) in [4.78, 5) is 0.100. The molecule has 0 saturated carbocycles. The third kappa shape index (κ3) is 3.51. The van der Waals surface area contributed by atoms with Gasteiger partial charge in [0.15, 0.2) is 0 Å².